The number of hydrogen-bond donors (Lipinski definition) is 2. The lowest BCUT2D eigenvalue weighted by Gasteiger charge is -2.06. The molecule has 25 heavy (non-hydrogen) atoms. The molecular formula is C15H18N4O5S. The molecule has 0 aliphatic rings. The average molecular weight is 366 g/mol. The maximum Gasteiger partial charge on any atom is 0.265 e. The third-order valence-electron chi connectivity index (χ3n) is 3.13. The molecule has 2 aromatic rings. The zero-order valence-electron chi connectivity index (χ0n) is 13.8. The van der Waals surface area contributed by atoms with Gasteiger partial charge in [-0.25, -0.2) is 8.42 Å². The van der Waals surface area contributed by atoms with Crippen molar-refractivity contribution in [2.24, 2.45) is 0 Å². The minimum absolute atomic E-state index is 0.0348. The van der Waals surface area contributed by atoms with Crippen LogP contribution >= 0.6 is 0 Å². The van der Waals surface area contributed by atoms with Gasteiger partial charge >= 0.3 is 0 Å². The van der Waals surface area contributed by atoms with Gasteiger partial charge in [0, 0.05) is 13.1 Å². The predicted octanol–water partition coefficient (Wildman–Crippen LogP) is 1.55. The van der Waals surface area contributed by atoms with Gasteiger partial charge in [-0.2, -0.15) is 0 Å². The summed E-state index contributed by atoms with van der Waals surface area (Å²) < 4.78 is 31.4. The first-order chi connectivity index (χ1) is 11.8. The highest BCUT2D eigenvalue weighted by Gasteiger charge is 2.28. The first-order valence-electron chi connectivity index (χ1n) is 7.57. The second kappa shape index (κ2) is 7.88. The molecule has 9 nitrogen and oxygen atoms in total. The molecule has 0 unspecified atom stereocenters. The van der Waals surface area contributed by atoms with Crippen molar-refractivity contribution in [2.45, 2.75) is 26.7 Å². The van der Waals surface area contributed by atoms with Gasteiger partial charge in [0.2, 0.25) is 15.9 Å². The third-order valence-corrected chi connectivity index (χ3v) is 4.45. The van der Waals surface area contributed by atoms with Crippen molar-refractivity contribution in [3.8, 4) is 11.4 Å². The van der Waals surface area contributed by atoms with Crippen LogP contribution in [-0.2, 0) is 14.8 Å². The van der Waals surface area contributed by atoms with E-state index >= 15 is 0 Å². The van der Waals surface area contributed by atoms with Crippen LogP contribution in [0.25, 0.3) is 11.4 Å². The van der Waals surface area contributed by atoms with E-state index in [1.165, 1.54) is 6.20 Å². The van der Waals surface area contributed by atoms with Crippen LogP contribution in [0.2, 0.25) is 0 Å². The van der Waals surface area contributed by atoms with Crippen LogP contribution in [0.4, 0.5) is 5.88 Å². The maximum absolute atomic E-state index is 12.3. The Morgan fingerprint density at radius 3 is 2.64 bits per heavy atom. The molecule has 2 aromatic heterocycles. The summed E-state index contributed by atoms with van der Waals surface area (Å²) in [5, 5.41) is 5.83. The molecule has 2 rings (SSSR count). The van der Waals surface area contributed by atoms with Crippen LogP contribution in [0.5, 0.6) is 0 Å². The van der Waals surface area contributed by atoms with Crippen molar-refractivity contribution in [2.75, 3.05) is 10.5 Å². The van der Waals surface area contributed by atoms with E-state index in [1.54, 1.807) is 18.2 Å². The van der Waals surface area contributed by atoms with Crippen LogP contribution in [0.1, 0.15) is 37.0 Å². The van der Waals surface area contributed by atoms with Crippen LogP contribution in [-0.4, -0.2) is 36.1 Å². The van der Waals surface area contributed by atoms with E-state index in [2.05, 4.69) is 20.2 Å². The molecule has 0 radical (unpaired) electrons. The van der Waals surface area contributed by atoms with E-state index in [4.69, 9.17) is 4.52 Å². The van der Waals surface area contributed by atoms with Crippen molar-refractivity contribution >= 4 is 27.7 Å². The van der Waals surface area contributed by atoms with Crippen molar-refractivity contribution in [1.29, 1.82) is 0 Å². The molecular weight excluding hydrogens is 348 g/mol. The highest BCUT2D eigenvalue weighted by atomic mass is 32.2. The summed E-state index contributed by atoms with van der Waals surface area (Å²) in [7, 11) is -3.72. The molecule has 0 atom stereocenters. The van der Waals surface area contributed by atoms with Gasteiger partial charge in [-0.3, -0.25) is 24.6 Å². The fourth-order valence-electron chi connectivity index (χ4n) is 2.00. The van der Waals surface area contributed by atoms with E-state index in [9.17, 15) is 18.0 Å². The Labute approximate surface area is 144 Å². The summed E-state index contributed by atoms with van der Waals surface area (Å²) in [6.07, 6.45) is 2.63. The molecule has 134 valence electrons. The molecule has 0 fully saturated rings. The van der Waals surface area contributed by atoms with Gasteiger partial charge in [0.1, 0.15) is 11.3 Å². The molecule has 0 saturated carbocycles. The maximum atomic E-state index is 12.3. The van der Waals surface area contributed by atoms with Crippen molar-refractivity contribution in [3.05, 3.63) is 30.0 Å². The summed E-state index contributed by atoms with van der Waals surface area (Å²) in [4.78, 5) is 27.6. The number of carbonyl (C=O) groups excluding carboxylic acids is 2. The lowest BCUT2D eigenvalue weighted by Crippen LogP contribution is -2.29. The number of imide groups is 1. The normalized spacial score (nSPS) is 11.1. The number of anilines is 1. The average Bonchev–Trinajstić information content (AvgIpc) is 2.96. The zero-order chi connectivity index (χ0) is 18.4. The monoisotopic (exact) mass is 366 g/mol. The Hall–Kier alpha value is -2.75. The number of sulfonamides is 1. The number of unbranched alkanes of at least 4 members (excludes halogenated alkanes) is 1. The second-order valence-electron chi connectivity index (χ2n) is 5.24. The topological polar surface area (TPSA) is 131 Å². The summed E-state index contributed by atoms with van der Waals surface area (Å²) in [5.74, 6) is -1.91. The summed E-state index contributed by atoms with van der Waals surface area (Å²) in [5.41, 5.74) is 0.139. The Kier molecular flexibility index (Phi) is 5.86. The predicted molar refractivity (Wildman–Crippen MR) is 90.2 cm³/mol. The Balaban J connectivity index is 2.45. The molecule has 0 saturated heterocycles. The first kappa shape index (κ1) is 18.6. The lowest BCUT2D eigenvalue weighted by atomic mass is 10.1. The Bertz CT molecular complexity index is 861. The van der Waals surface area contributed by atoms with Crippen LogP contribution in [0.15, 0.2) is 28.9 Å². The van der Waals surface area contributed by atoms with Crippen molar-refractivity contribution in [3.63, 3.8) is 0 Å². The first-order valence-corrected chi connectivity index (χ1v) is 9.22. The van der Waals surface area contributed by atoms with Gasteiger partial charge in [0.15, 0.2) is 0 Å². The van der Waals surface area contributed by atoms with Crippen LogP contribution in [0, 0.1) is 0 Å². The van der Waals surface area contributed by atoms with E-state index < -0.39 is 21.8 Å². The van der Waals surface area contributed by atoms with Crippen LogP contribution < -0.4 is 10.0 Å². The van der Waals surface area contributed by atoms with E-state index in [0.29, 0.717) is 18.5 Å². The number of aromatic nitrogens is 2. The molecule has 10 heteroatoms. The highest BCUT2D eigenvalue weighted by molar-refractivity contribution is 7.92. The molecule has 0 aliphatic heterocycles. The van der Waals surface area contributed by atoms with Gasteiger partial charge in [-0.15, -0.1) is 0 Å². The second-order valence-corrected chi connectivity index (χ2v) is 7.08. The van der Waals surface area contributed by atoms with Crippen LogP contribution in [0.3, 0.4) is 0 Å². The van der Waals surface area contributed by atoms with E-state index in [-0.39, 0.29) is 22.9 Å². The minimum Gasteiger partial charge on any atom is -0.336 e. The molecule has 0 aromatic carbocycles. The van der Waals surface area contributed by atoms with Gasteiger partial charge in [0.25, 0.3) is 11.8 Å². The fraction of sp³-hybridized carbons (Fsp3) is 0.333. The number of pyridine rings is 1. The molecule has 2 amide bonds. The van der Waals surface area contributed by atoms with Gasteiger partial charge < -0.3 is 4.52 Å². The Morgan fingerprint density at radius 2 is 2.04 bits per heavy atom. The van der Waals surface area contributed by atoms with Gasteiger partial charge in [-0.05, 0) is 18.6 Å². The molecule has 0 aliphatic carbocycles. The smallest absolute Gasteiger partial charge is 0.265 e. The Morgan fingerprint density at radius 1 is 1.28 bits per heavy atom. The number of nitrogens with zero attached hydrogens (tertiary/aromatic N) is 2. The summed E-state index contributed by atoms with van der Waals surface area (Å²) >= 11 is 0. The number of nitrogens with one attached hydrogen (secondary N) is 2. The lowest BCUT2D eigenvalue weighted by molar-refractivity contribution is -0.118. The molecule has 0 bridgehead atoms. The third kappa shape index (κ3) is 4.86. The summed E-state index contributed by atoms with van der Waals surface area (Å²) in [6, 6.07) is 4.93. The van der Waals surface area contributed by atoms with Gasteiger partial charge in [0.05, 0.1) is 11.4 Å². The van der Waals surface area contributed by atoms with Gasteiger partial charge in [-0.1, -0.05) is 24.6 Å². The van der Waals surface area contributed by atoms with E-state index in [1.807, 2.05) is 6.92 Å². The van der Waals surface area contributed by atoms with Crippen molar-refractivity contribution < 1.29 is 22.5 Å². The standard InChI is InChI=1S/C15H18N4O5S/c1-3-4-9-25(22,23)19-15-12(14(21)17-10(2)20)13(18-24-15)11-7-5-6-8-16-11/h5-8,19H,3-4,9H2,1-2H3,(H,17,20,21). The fourth-order valence-corrected chi connectivity index (χ4v) is 3.19. The number of amides is 2. The number of hydrogen-bond acceptors (Lipinski definition) is 7. The largest absolute Gasteiger partial charge is 0.336 e. The SMILES string of the molecule is CCCCS(=O)(=O)Nc1onc(-c2ccccn2)c1C(=O)NC(C)=O. The quantitative estimate of drug-likeness (QED) is 0.760. The molecule has 0 spiro atoms. The minimum atomic E-state index is -3.72. The van der Waals surface area contributed by atoms with Crippen molar-refractivity contribution in [1.82, 2.24) is 15.5 Å². The number of rotatable bonds is 7. The summed E-state index contributed by atoms with van der Waals surface area (Å²) in [6.45, 7) is 3.02. The number of carbonyl (C=O) groups is 2. The molecule has 2 N–H and O–H groups in total. The highest BCUT2D eigenvalue weighted by Crippen LogP contribution is 2.28. The van der Waals surface area contributed by atoms with E-state index in [0.717, 1.165) is 6.92 Å². The molecule has 2 heterocycles. The zero-order valence-corrected chi connectivity index (χ0v) is 14.6.